The molecule has 0 spiro atoms. The molecule has 88 heavy (non-hydrogen) atoms. The summed E-state index contributed by atoms with van der Waals surface area (Å²) in [5.41, 5.74) is 11.2. The molecule has 7 aromatic rings. The quantitative estimate of drug-likeness (QED) is 0.0462. The van der Waals surface area contributed by atoms with Gasteiger partial charge in [-0.2, -0.15) is 4.99 Å². The van der Waals surface area contributed by atoms with Gasteiger partial charge in [-0.15, -0.1) is 0 Å². The maximum absolute atomic E-state index is 13.5. The van der Waals surface area contributed by atoms with Crippen LogP contribution >= 0.6 is 0 Å². The van der Waals surface area contributed by atoms with E-state index in [9.17, 15) is 31.2 Å². The number of ketones is 1. The third-order valence-corrected chi connectivity index (χ3v) is 17.5. The SMILES string of the molecule is C.CC(=O)c1ccccc1.CCOc1ccccc1N(CC(=O)N1CCCCC1)S(=O)(=O)c1ccccc1.COc1ccc(OC)c(N(CC(=O)N2CCCCC2)S(=O)(=O)c2ccccc2)c1.Cc1cc(C)nc(N=C(N)Nc2ccc(C(C)C)cc2)n1. The second-order valence-corrected chi connectivity index (χ2v) is 24.5. The molecule has 3 N–H and O–H groups in total. The van der Waals surface area contributed by atoms with Crippen molar-refractivity contribution in [2.24, 2.45) is 10.7 Å². The van der Waals surface area contributed by atoms with E-state index in [-0.39, 0.29) is 59.6 Å². The molecule has 2 aliphatic heterocycles. The van der Waals surface area contributed by atoms with Gasteiger partial charge in [0.05, 0.1) is 42.0 Å². The number of guanidine groups is 1. The predicted octanol–water partition coefficient (Wildman–Crippen LogP) is 12.0. The molecule has 2 fully saturated rings. The lowest BCUT2D eigenvalue weighted by molar-refractivity contribution is -0.131. The van der Waals surface area contributed by atoms with E-state index >= 15 is 0 Å². The Morgan fingerprint density at radius 3 is 1.51 bits per heavy atom. The summed E-state index contributed by atoms with van der Waals surface area (Å²) in [4.78, 5) is 52.9. The minimum Gasteiger partial charge on any atom is -0.497 e. The Kier molecular flexibility index (Phi) is 27.4. The van der Waals surface area contributed by atoms with E-state index in [0.29, 0.717) is 67.6 Å². The van der Waals surface area contributed by atoms with Crippen LogP contribution in [0.3, 0.4) is 0 Å². The summed E-state index contributed by atoms with van der Waals surface area (Å²) in [6.07, 6.45) is 5.95. The van der Waals surface area contributed by atoms with Crippen LogP contribution in [0.25, 0.3) is 0 Å². The Hall–Kier alpha value is -8.82. The van der Waals surface area contributed by atoms with Crippen molar-refractivity contribution in [1.82, 2.24) is 19.8 Å². The lowest BCUT2D eigenvalue weighted by Gasteiger charge is -2.31. The van der Waals surface area contributed by atoms with Crippen molar-refractivity contribution in [2.75, 3.05) is 74.0 Å². The molecule has 0 radical (unpaired) electrons. The highest BCUT2D eigenvalue weighted by molar-refractivity contribution is 7.93. The smallest absolute Gasteiger partial charge is 0.264 e. The third kappa shape index (κ3) is 20.4. The number of benzene rings is 6. The van der Waals surface area contributed by atoms with Crippen LogP contribution in [0.2, 0.25) is 0 Å². The highest BCUT2D eigenvalue weighted by Crippen LogP contribution is 2.37. The number of hydrogen-bond acceptors (Lipinski definition) is 13. The predicted molar refractivity (Wildman–Crippen MR) is 350 cm³/mol. The molecule has 19 nitrogen and oxygen atoms in total. The van der Waals surface area contributed by atoms with E-state index in [4.69, 9.17) is 19.9 Å². The molecule has 2 amide bonds. The van der Waals surface area contributed by atoms with E-state index < -0.39 is 20.0 Å². The number of anilines is 3. The number of carbonyl (C=O) groups is 3. The van der Waals surface area contributed by atoms with Crippen molar-refractivity contribution < 1.29 is 45.4 Å². The van der Waals surface area contributed by atoms with Gasteiger partial charge < -0.3 is 35.1 Å². The largest absolute Gasteiger partial charge is 0.497 e. The molecule has 1 aromatic heterocycles. The molecule has 6 aromatic carbocycles. The van der Waals surface area contributed by atoms with Crippen molar-refractivity contribution in [3.05, 3.63) is 186 Å². The summed E-state index contributed by atoms with van der Waals surface area (Å²) in [5, 5.41) is 3.04. The average Bonchev–Trinajstić information content (AvgIpc) is 1.43. The average molecular weight is 1240 g/mol. The van der Waals surface area contributed by atoms with Crippen LogP contribution in [0.5, 0.6) is 17.2 Å². The first-order chi connectivity index (χ1) is 41.7. The van der Waals surface area contributed by atoms with Crippen LogP contribution in [-0.2, 0) is 29.6 Å². The fraction of sp³-hybridized carbons (Fsp3) is 0.343. The first-order valence-electron chi connectivity index (χ1n) is 29.0. The number of rotatable bonds is 18. The van der Waals surface area contributed by atoms with Gasteiger partial charge in [-0.3, -0.25) is 23.0 Å². The molecule has 2 saturated heterocycles. The highest BCUT2D eigenvalue weighted by atomic mass is 32.2. The Balaban J connectivity index is 0.000000225. The van der Waals surface area contributed by atoms with Gasteiger partial charge in [-0.05, 0) is 144 Å². The third-order valence-electron chi connectivity index (χ3n) is 13.9. The Labute approximate surface area is 520 Å². The minimum atomic E-state index is -4.00. The Morgan fingerprint density at radius 1 is 0.602 bits per heavy atom. The molecular weight excluding hydrogens is 1150 g/mol. The van der Waals surface area contributed by atoms with Gasteiger partial charge in [0.2, 0.25) is 17.8 Å². The Morgan fingerprint density at radius 2 is 1.07 bits per heavy atom. The number of hydrogen-bond donors (Lipinski definition) is 2. The van der Waals surface area contributed by atoms with Crippen LogP contribution in [-0.4, -0.2) is 120 Å². The number of aromatic nitrogens is 2. The summed E-state index contributed by atoms with van der Waals surface area (Å²) >= 11 is 0. The van der Waals surface area contributed by atoms with Crippen molar-refractivity contribution in [2.45, 2.75) is 103 Å². The number of aryl methyl sites for hydroxylation is 2. The zero-order valence-corrected chi connectivity index (χ0v) is 52.6. The van der Waals surface area contributed by atoms with Gasteiger partial charge >= 0.3 is 0 Å². The van der Waals surface area contributed by atoms with E-state index in [1.807, 2.05) is 69.3 Å². The Bertz CT molecular complexity index is 3570. The summed E-state index contributed by atoms with van der Waals surface area (Å²) in [6.45, 7) is 14.0. The highest BCUT2D eigenvalue weighted by Gasteiger charge is 2.33. The van der Waals surface area contributed by atoms with Crippen LogP contribution in [0.15, 0.2) is 179 Å². The molecule has 0 bridgehead atoms. The van der Waals surface area contributed by atoms with Gasteiger partial charge in [-0.25, -0.2) is 26.8 Å². The summed E-state index contributed by atoms with van der Waals surface area (Å²) in [7, 11) is -4.95. The molecular formula is C67H85N9O10S2. The zero-order valence-electron chi connectivity index (χ0n) is 51.0. The van der Waals surface area contributed by atoms with E-state index in [1.54, 1.807) is 95.6 Å². The maximum Gasteiger partial charge on any atom is 0.264 e. The molecule has 2 aliphatic rings. The number of nitrogens with zero attached hydrogens (tertiary/aromatic N) is 7. The second-order valence-electron chi connectivity index (χ2n) is 20.7. The first-order valence-corrected chi connectivity index (χ1v) is 31.9. The van der Waals surface area contributed by atoms with Gasteiger partial charge in [0.1, 0.15) is 30.3 Å². The van der Waals surface area contributed by atoms with E-state index in [1.165, 1.54) is 48.4 Å². The number of methoxy groups -OCH3 is 2. The molecule has 0 atom stereocenters. The fourth-order valence-electron chi connectivity index (χ4n) is 9.37. The monoisotopic (exact) mass is 1240 g/mol. The minimum absolute atomic E-state index is 0. The molecule has 3 heterocycles. The van der Waals surface area contributed by atoms with Crippen molar-refractivity contribution in [3.63, 3.8) is 0 Å². The summed E-state index contributed by atoms with van der Waals surface area (Å²) < 4.78 is 72.4. The number of piperidine rings is 2. The van der Waals surface area contributed by atoms with E-state index in [2.05, 4.69) is 46.3 Å². The lowest BCUT2D eigenvalue weighted by Crippen LogP contribution is -2.45. The van der Waals surface area contributed by atoms with Crippen LogP contribution in [0.4, 0.5) is 23.0 Å². The molecule has 470 valence electrons. The summed E-state index contributed by atoms with van der Waals surface area (Å²) in [5.74, 6) is 2.12. The van der Waals surface area contributed by atoms with Gasteiger partial charge in [0, 0.05) is 54.9 Å². The normalized spacial score (nSPS) is 13.1. The van der Waals surface area contributed by atoms with Crippen LogP contribution in [0.1, 0.15) is 107 Å². The maximum atomic E-state index is 13.5. The fourth-order valence-corrected chi connectivity index (χ4v) is 12.3. The number of para-hydroxylation sites is 2. The van der Waals surface area contributed by atoms with E-state index in [0.717, 1.165) is 65.5 Å². The van der Waals surface area contributed by atoms with Crippen molar-refractivity contribution in [3.8, 4) is 17.2 Å². The number of carbonyl (C=O) groups excluding carboxylic acids is 3. The van der Waals surface area contributed by atoms with Crippen molar-refractivity contribution >= 4 is 66.6 Å². The van der Waals surface area contributed by atoms with Gasteiger partial charge in [-0.1, -0.05) is 112 Å². The lowest BCUT2D eigenvalue weighted by atomic mass is 10.0. The zero-order chi connectivity index (χ0) is 62.9. The molecule has 9 rings (SSSR count). The second kappa shape index (κ2) is 34.5. The number of nitrogens with one attached hydrogen (secondary N) is 1. The number of Topliss-reactive ketones (excluding diaryl/α,β-unsaturated/α-hetero) is 1. The van der Waals surface area contributed by atoms with Crippen LogP contribution < -0.4 is 33.9 Å². The summed E-state index contributed by atoms with van der Waals surface area (Å²) in [6, 6.07) is 47.3. The van der Waals surface area contributed by atoms with Crippen LogP contribution in [0, 0.1) is 13.8 Å². The number of likely N-dealkylation sites (tertiary alicyclic amines) is 2. The first kappa shape index (κ1) is 69.9. The van der Waals surface area contributed by atoms with Gasteiger partial charge in [0.15, 0.2) is 5.78 Å². The standard InChI is InChI=1S/C21H26N2O5S.C21H26N2O4S.C16H21N5.C8H8O.CH4/c1-27-17-11-12-20(28-2)19(15-17)23(16-21(24)22-13-7-4-8-14-22)29(25,26)18-9-5-3-6-10-18;1-2-27-20-14-8-7-13-19(20)23(17-21(24)22-15-9-4-10-16-22)28(25,26)18-11-5-3-6-12-18;1-10(2)13-5-7-14(8-6-13)20-15(17)21-16-18-11(3)9-12(4)19-16;1-7(9)8-5-3-2-4-6-8;/h3,5-6,9-12,15H,4,7-8,13-14,16H2,1-2H3;3,5-8,11-14H,2,4,9-10,15-17H2,1H3;5-10H,1-4H3,(H3,17,18,19,20,21);2-6H,1H3;1H4. The number of amides is 2. The molecule has 0 unspecified atom stereocenters. The number of aliphatic imine (C=N–C) groups is 1. The topological polar surface area (TPSA) is 236 Å². The molecule has 0 saturated carbocycles. The number of ether oxygens (including phenoxy) is 3. The molecule has 21 heteroatoms. The number of nitrogens with two attached hydrogens (primary N) is 1. The number of sulfonamides is 2. The van der Waals surface area contributed by atoms with Crippen molar-refractivity contribution in [1.29, 1.82) is 0 Å². The van der Waals surface area contributed by atoms with Gasteiger partial charge in [0.25, 0.3) is 26.0 Å². The molecule has 0 aliphatic carbocycles.